The van der Waals surface area contributed by atoms with Gasteiger partial charge < -0.3 is 10.1 Å². The molecule has 6 nitrogen and oxygen atoms in total. The zero-order valence-corrected chi connectivity index (χ0v) is 16.5. The molecule has 0 saturated carbocycles. The van der Waals surface area contributed by atoms with Crippen molar-refractivity contribution in [2.24, 2.45) is 0 Å². The van der Waals surface area contributed by atoms with Crippen molar-refractivity contribution < 1.29 is 9.13 Å². The first-order valence-electron chi connectivity index (χ1n) is 9.08. The summed E-state index contributed by atoms with van der Waals surface area (Å²) in [5.41, 5.74) is 5.99. The van der Waals surface area contributed by atoms with Crippen LogP contribution in [0.5, 0.6) is 0 Å². The monoisotopic (exact) mass is 411 g/mol. The summed E-state index contributed by atoms with van der Waals surface area (Å²) in [5, 5.41) is 11.8. The van der Waals surface area contributed by atoms with Crippen LogP contribution < -0.4 is 5.32 Å². The topological polar surface area (TPSA) is 64.3 Å². The van der Waals surface area contributed by atoms with Crippen molar-refractivity contribution in [2.75, 3.05) is 5.32 Å². The lowest BCUT2D eigenvalue weighted by Crippen LogP contribution is -2.09. The van der Waals surface area contributed by atoms with Crippen LogP contribution in [0.15, 0.2) is 48.9 Å². The van der Waals surface area contributed by atoms with Crippen LogP contribution in [0.3, 0.4) is 0 Å². The summed E-state index contributed by atoms with van der Waals surface area (Å²) in [7, 11) is 0. The van der Waals surface area contributed by atoms with E-state index in [9.17, 15) is 4.39 Å². The highest BCUT2D eigenvalue weighted by molar-refractivity contribution is 5.85. The molecule has 8 heteroatoms. The van der Waals surface area contributed by atoms with Gasteiger partial charge in [0.25, 0.3) is 0 Å². The minimum Gasteiger partial charge on any atom is -0.372 e. The Balaban J connectivity index is 0.00000205. The van der Waals surface area contributed by atoms with Crippen molar-refractivity contribution in [3.8, 4) is 11.1 Å². The van der Waals surface area contributed by atoms with E-state index in [1.54, 1.807) is 18.6 Å². The number of ether oxygens (including phenoxy) is 1. The second kappa shape index (κ2) is 7.77. The highest BCUT2D eigenvalue weighted by Crippen LogP contribution is 2.32. The molecule has 0 atom stereocenters. The van der Waals surface area contributed by atoms with Crippen molar-refractivity contribution in [3.63, 3.8) is 0 Å². The summed E-state index contributed by atoms with van der Waals surface area (Å²) in [6.45, 7) is 3.07. The molecule has 4 heterocycles. The number of rotatable bonds is 1. The average molecular weight is 412 g/mol. The van der Waals surface area contributed by atoms with Gasteiger partial charge in [-0.15, -0.1) is 22.6 Å². The Morgan fingerprint density at radius 1 is 1.10 bits per heavy atom. The second-order valence-corrected chi connectivity index (χ2v) is 6.82. The highest BCUT2D eigenvalue weighted by atomic mass is 35.5. The predicted molar refractivity (Wildman–Crippen MR) is 110 cm³/mol. The van der Waals surface area contributed by atoms with Gasteiger partial charge in [0.2, 0.25) is 0 Å². The van der Waals surface area contributed by atoms with Gasteiger partial charge >= 0.3 is 0 Å². The van der Waals surface area contributed by atoms with Crippen LogP contribution in [0, 0.1) is 12.7 Å². The number of halogens is 2. The normalized spacial score (nSPS) is 13.3. The van der Waals surface area contributed by atoms with Crippen LogP contribution in [-0.2, 0) is 24.5 Å². The number of fused-ring (bicyclic) bond motifs is 4. The molecule has 3 aromatic heterocycles. The summed E-state index contributed by atoms with van der Waals surface area (Å²) >= 11 is 0. The van der Waals surface area contributed by atoms with E-state index >= 15 is 0 Å². The molecule has 1 aliphatic rings. The molecule has 4 aromatic rings. The lowest BCUT2D eigenvalue weighted by Gasteiger charge is -2.16. The third kappa shape index (κ3) is 3.32. The molecule has 0 radical (unpaired) electrons. The average Bonchev–Trinajstić information content (AvgIpc) is 3.20. The lowest BCUT2D eigenvalue weighted by atomic mass is 10.0. The lowest BCUT2D eigenvalue weighted by molar-refractivity contribution is 0.107. The largest absolute Gasteiger partial charge is 0.372 e. The molecule has 1 aliphatic heterocycles. The molecule has 0 amide bonds. The number of aromatic nitrogens is 4. The van der Waals surface area contributed by atoms with Crippen molar-refractivity contribution in [3.05, 3.63) is 77.1 Å². The Labute approximate surface area is 173 Å². The molecule has 0 aliphatic carbocycles. The summed E-state index contributed by atoms with van der Waals surface area (Å²) in [6.07, 6.45) is 3.44. The maximum atomic E-state index is 14.3. The number of nitrogens with zero attached hydrogens (tertiary/aromatic N) is 4. The number of aryl methyl sites for hydroxylation is 1. The van der Waals surface area contributed by atoms with Gasteiger partial charge in [0, 0.05) is 40.7 Å². The van der Waals surface area contributed by atoms with Gasteiger partial charge in [0.05, 0.1) is 13.2 Å². The summed E-state index contributed by atoms with van der Waals surface area (Å²) < 4.78 is 22.2. The maximum Gasteiger partial charge on any atom is 0.170 e. The fourth-order valence-corrected chi connectivity index (χ4v) is 3.70. The quantitative estimate of drug-likeness (QED) is 0.506. The highest BCUT2D eigenvalue weighted by Gasteiger charge is 2.19. The molecular formula is C21H19ClFN5O. The molecule has 0 fully saturated rings. The van der Waals surface area contributed by atoms with Gasteiger partial charge in [-0.2, -0.15) is 0 Å². The molecule has 0 bridgehead atoms. The number of benzene rings is 1. The molecule has 5 rings (SSSR count). The molecule has 0 unspecified atom stereocenters. The van der Waals surface area contributed by atoms with Gasteiger partial charge in [-0.1, -0.05) is 18.2 Å². The van der Waals surface area contributed by atoms with Crippen LogP contribution in [0.2, 0.25) is 0 Å². The summed E-state index contributed by atoms with van der Waals surface area (Å²) in [6, 6.07) is 11.1. The van der Waals surface area contributed by atoms with Crippen molar-refractivity contribution >= 4 is 23.9 Å². The fourth-order valence-electron chi connectivity index (χ4n) is 3.70. The van der Waals surface area contributed by atoms with E-state index in [1.165, 1.54) is 6.07 Å². The van der Waals surface area contributed by atoms with Gasteiger partial charge in [-0.05, 0) is 30.7 Å². The molecule has 29 heavy (non-hydrogen) atoms. The Bertz CT molecular complexity index is 1190. The molecular weight excluding hydrogens is 393 g/mol. The standard InChI is InChI=1S/C21H18FN5O.ClH/c1-13-16(5-3-7-23-13)17-8-15-11-28-10-14-4-2-6-19(22)18(14)9-24-20(15)27-12-25-26-21(17)27;/h2-8,12,24H,9-11H2,1H3;1H. The molecule has 0 spiro atoms. The Morgan fingerprint density at radius 2 is 1.97 bits per heavy atom. The Kier molecular flexibility index (Phi) is 5.17. The SMILES string of the molecule is Cc1ncccc1-c1cc2c(n3cnnc13)NCc1c(F)cccc1COC2.Cl. The van der Waals surface area contributed by atoms with Gasteiger partial charge in [-0.25, -0.2) is 4.39 Å². The number of anilines is 1. The first-order chi connectivity index (χ1) is 13.7. The number of pyridine rings is 2. The second-order valence-electron chi connectivity index (χ2n) is 6.82. The molecule has 1 N–H and O–H groups in total. The van der Waals surface area contributed by atoms with E-state index in [4.69, 9.17) is 4.74 Å². The Morgan fingerprint density at radius 3 is 2.83 bits per heavy atom. The smallest absolute Gasteiger partial charge is 0.170 e. The van der Waals surface area contributed by atoms with E-state index in [1.807, 2.05) is 29.5 Å². The van der Waals surface area contributed by atoms with E-state index < -0.39 is 0 Å². The number of hydrogen-bond donors (Lipinski definition) is 1. The van der Waals surface area contributed by atoms with Crippen molar-refractivity contribution in [1.82, 2.24) is 19.6 Å². The predicted octanol–water partition coefficient (Wildman–Crippen LogP) is 4.30. The minimum absolute atomic E-state index is 0. The number of nitrogens with one attached hydrogen (secondary N) is 1. The minimum atomic E-state index is -0.236. The third-order valence-electron chi connectivity index (χ3n) is 5.11. The van der Waals surface area contributed by atoms with Crippen molar-refractivity contribution in [2.45, 2.75) is 26.7 Å². The summed E-state index contributed by atoms with van der Waals surface area (Å²) in [5.74, 6) is 0.570. The van der Waals surface area contributed by atoms with E-state index in [-0.39, 0.29) is 18.2 Å². The summed E-state index contributed by atoms with van der Waals surface area (Å²) in [4.78, 5) is 4.40. The fraction of sp³-hybridized carbons (Fsp3) is 0.190. The first-order valence-corrected chi connectivity index (χ1v) is 9.08. The third-order valence-corrected chi connectivity index (χ3v) is 5.11. The van der Waals surface area contributed by atoms with Gasteiger partial charge in [0.1, 0.15) is 18.0 Å². The van der Waals surface area contributed by atoms with Crippen LogP contribution in [0.4, 0.5) is 10.2 Å². The number of hydrogen-bond acceptors (Lipinski definition) is 5. The first kappa shape index (κ1) is 19.3. The maximum absolute atomic E-state index is 14.3. The molecule has 1 aromatic carbocycles. The molecule has 0 saturated heterocycles. The van der Waals surface area contributed by atoms with Crippen LogP contribution in [0.1, 0.15) is 22.4 Å². The van der Waals surface area contributed by atoms with E-state index in [0.29, 0.717) is 25.3 Å². The Hall–Kier alpha value is -3.03. The van der Waals surface area contributed by atoms with Crippen LogP contribution in [-0.4, -0.2) is 19.6 Å². The zero-order valence-electron chi connectivity index (χ0n) is 15.7. The zero-order chi connectivity index (χ0) is 19.1. The van der Waals surface area contributed by atoms with Crippen molar-refractivity contribution in [1.29, 1.82) is 0 Å². The van der Waals surface area contributed by atoms with Crippen LogP contribution >= 0.6 is 12.4 Å². The van der Waals surface area contributed by atoms with E-state index in [0.717, 1.165) is 39.4 Å². The molecule has 148 valence electrons. The van der Waals surface area contributed by atoms with Gasteiger partial charge in [0.15, 0.2) is 5.65 Å². The van der Waals surface area contributed by atoms with Crippen LogP contribution in [0.25, 0.3) is 16.8 Å². The van der Waals surface area contributed by atoms with Gasteiger partial charge in [-0.3, -0.25) is 9.38 Å². The van der Waals surface area contributed by atoms with E-state index in [2.05, 4.69) is 26.6 Å².